The predicted octanol–water partition coefficient (Wildman–Crippen LogP) is 0.521. The van der Waals surface area contributed by atoms with Gasteiger partial charge >= 0.3 is 0 Å². The molecule has 12 heavy (non-hydrogen) atoms. The van der Waals surface area contributed by atoms with Gasteiger partial charge in [-0.25, -0.2) is 4.98 Å². The Kier molecular flexibility index (Phi) is 1.54. The van der Waals surface area contributed by atoms with E-state index in [0.717, 1.165) is 10.7 Å². The van der Waals surface area contributed by atoms with Crippen molar-refractivity contribution in [2.75, 3.05) is 5.73 Å². The first-order valence-electron chi connectivity index (χ1n) is 3.33. The lowest BCUT2D eigenvalue weighted by atomic mass is 10.5. The highest BCUT2D eigenvalue weighted by Crippen LogP contribution is 2.20. The van der Waals surface area contributed by atoms with Crippen molar-refractivity contribution in [2.45, 2.75) is 0 Å². The Morgan fingerprint density at radius 2 is 2.42 bits per heavy atom. The summed E-state index contributed by atoms with van der Waals surface area (Å²) in [5.41, 5.74) is 6.33. The molecule has 0 radical (unpaired) electrons. The number of nitrogen functional groups attached to an aromatic ring is 1. The second-order valence-corrected chi connectivity index (χ2v) is 3.10. The van der Waals surface area contributed by atoms with Crippen LogP contribution in [0.3, 0.4) is 0 Å². The average molecular weight is 181 g/mol. The van der Waals surface area contributed by atoms with Gasteiger partial charge in [0.1, 0.15) is 0 Å². The van der Waals surface area contributed by atoms with Crippen molar-refractivity contribution < 1.29 is 0 Å². The summed E-state index contributed by atoms with van der Waals surface area (Å²) in [5, 5.41) is 0.799. The Morgan fingerprint density at radius 3 is 2.92 bits per heavy atom. The second kappa shape index (κ2) is 2.56. The van der Waals surface area contributed by atoms with Gasteiger partial charge in [0.2, 0.25) is 5.95 Å². The van der Waals surface area contributed by atoms with Gasteiger partial charge in [0.05, 0.1) is 18.2 Å². The first-order chi connectivity index (χ1) is 5.77. The van der Waals surface area contributed by atoms with Crippen molar-refractivity contribution in [1.82, 2.24) is 18.9 Å². The largest absolute Gasteiger partial charge is 0.367 e. The average Bonchev–Trinajstić information content (AvgIpc) is 2.58. The summed E-state index contributed by atoms with van der Waals surface area (Å²) in [4.78, 5) is 8.01. The van der Waals surface area contributed by atoms with Gasteiger partial charge in [-0.3, -0.25) is 0 Å². The van der Waals surface area contributed by atoms with Crippen LogP contribution >= 0.6 is 11.5 Å². The molecule has 2 aromatic heterocycles. The van der Waals surface area contributed by atoms with Gasteiger partial charge < -0.3 is 10.3 Å². The maximum absolute atomic E-state index is 5.39. The van der Waals surface area contributed by atoms with Gasteiger partial charge in [-0.1, -0.05) is 0 Å². The topological polar surface area (TPSA) is 69.6 Å². The molecule has 0 spiro atoms. The van der Waals surface area contributed by atoms with E-state index in [1.807, 2.05) is 11.6 Å². The van der Waals surface area contributed by atoms with Crippen LogP contribution in [0.15, 0.2) is 12.5 Å². The third-order valence-electron chi connectivity index (χ3n) is 1.48. The zero-order chi connectivity index (χ0) is 8.55. The van der Waals surface area contributed by atoms with Crippen LogP contribution in [0.2, 0.25) is 0 Å². The minimum atomic E-state index is 0.316. The van der Waals surface area contributed by atoms with E-state index in [4.69, 9.17) is 5.73 Å². The Hall–Kier alpha value is -1.43. The molecule has 0 saturated heterocycles. The molecule has 0 aliphatic heterocycles. The predicted molar refractivity (Wildman–Crippen MR) is 46.5 cm³/mol. The summed E-state index contributed by atoms with van der Waals surface area (Å²) in [6, 6.07) is 0. The van der Waals surface area contributed by atoms with Gasteiger partial charge in [0, 0.05) is 7.05 Å². The molecular weight excluding hydrogens is 174 g/mol. The van der Waals surface area contributed by atoms with E-state index in [-0.39, 0.29) is 0 Å². The lowest BCUT2D eigenvalue weighted by Gasteiger charge is -1.93. The summed E-state index contributed by atoms with van der Waals surface area (Å²) in [6.07, 6.45) is 3.45. The van der Waals surface area contributed by atoms with E-state index < -0.39 is 0 Å². The molecule has 2 rings (SSSR count). The number of nitrogens with zero attached hydrogens (tertiary/aromatic N) is 4. The Balaban J connectivity index is 2.50. The van der Waals surface area contributed by atoms with Crippen molar-refractivity contribution in [1.29, 1.82) is 0 Å². The van der Waals surface area contributed by atoms with Gasteiger partial charge in [-0.15, -0.1) is 0 Å². The maximum atomic E-state index is 5.39. The van der Waals surface area contributed by atoms with Crippen LogP contribution in [0.5, 0.6) is 0 Å². The normalized spacial score (nSPS) is 10.4. The number of anilines is 1. The number of hydrogen-bond acceptors (Lipinski definition) is 5. The molecule has 6 heteroatoms. The Labute approximate surface area is 73.1 Å². The number of imidazole rings is 1. The Morgan fingerprint density at radius 1 is 1.58 bits per heavy atom. The third-order valence-corrected chi connectivity index (χ3v) is 2.23. The standard InChI is InChI=1S/C6H7N5S/c1-11-3-8-2-4(11)5-9-6(7)10-12-5/h2-3H,1H3,(H2,7,10). The van der Waals surface area contributed by atoms with E-state index in [9.17, 15) is 0 Å². The molecule has 0 unspecified atom stereocenters. The number of aryl methyl sites for hydroxylation is 1. The molecule has 0 aromatic carbocycles. The maximum Gasteiger partial charge on any atom is 0.232 e. The second-order valence-electron chi connectivity index (χ2n) is 2.35. The van der Waals surface area contributed by atoms with Crippen molar-refractivity contribution >= 4 is 17.5 Å². The van der Waals surface area contributed by atoms with Crippen LogP contribution < -0.4 is 5.73 Å². The number of aromatic nitrogens is 4. The fraction of sp³-hybridized carbons (Fsp3) is 0.167. The van der Waals surface area contributed by atoms with E-state index in [1.54, 1.807) is 12.5 Å². The smallest absolute Gasteiger partial charge is 0.232 e. The fourth-order valence-corrected chi connectivity index (χ4v) is 1.55. The lowest BCUT2D eigenvalue weighted by Crippen LogP contribution is -1.89. The molecule has 5 nitrogen and oxygen atoms in total. The number of hydrogen-bond donors (Lipinski definition) is 1. The van der Waals surface area contributed by atoms with E-state index in [0.29, 0.717) is 5.95 Å². The minimum absolute atomic E-state index is 0.316. The van der Waals surface area contributed by atoms with E-state index in [2.05, 4.69) is 14.3 Å². The summed E-state index contributed by atoms with van der Waals surface area (Å²) < 4.78 is 5.76. The number of nitrogens with two attached hydrogens (primary N) is 1. The first kappa shape index (κ1) is 7.23. The van der Waals surface area contributed by atoms with Crippen LogP contribution in [-0.2, 0) is 7.05 Å². The van der Waals surface area contributed by atoms with Crippen LogP contribution in [-0.4, -0.2) is 18.9 Å². The molecule has 0 aliphatic rings. The van der Waals surface area contributed by atoms with E-state index in [1.165, 1.54) is 11.5 Å². The van der Waals surface area contributed by atoms with Crippen LogP contribution in [0.4, 0.5) is 5.95 Å². The molecular formula is C6H7N5S. The fourth-order valence-electron chi connectivity index (χ4n) is 0.902. The molecule has 2 heterocycles. The molecule has 0 saturated carbocycles. The molecule has 2 N–H and O–H groups in total. The monoisotopic (exact) mass is 181 g/mol. The van der Waals surface area contributed by atoms with E-state index >= 15 is 0 Å². The lowest BCUT2D eigenvalue weighted by molar-refractivity contribution is 0.920. The van der Waals surface area contributed by atoms with Crippen LogP contribution in [0, 0.1) is 0 Å². The third kappa shape index (κ3) is 1.06. The van der Waals surface area contributed by atoms with Gasteiger partial charge in [-0.2, -0.15) is 9.36 Å². The highest BCUT2D eigenvalue weighted by molar-refractivity contribution is 7.09. The summed E-state index contributed by atoms with van der Waals surface area (Å²) >= 11 is 1.27. The minimum Gasteiger partial charge on any atom is -0.367 e. The molecule has 0 aliphatic carbocycles. The SMILES string of the molecule is Cn1cncc1-c1nc(N)ns1. The molecule has 0 atom stereocenters. The zero-order valence-corrected chi connectivity index (χ0v) is 7.25. The molecule has 0 fully saturated rings. The van der Waals surface area contributed by atoms with Crippen molar-refractivity contribution in [3.05, 3.63) is 12.5 Å². The molecule has 2 aromatic rings. The quantitative estimate of drug-likeness (QED) is 0.696. The Bertz CT molecular complexity index is 390. The van der Waals surface area contributed by atoms with Crippen molar-refractivity contribution in [3.63, 3.8) is 0 Å². The summed E-state index contributed by atoms with van der Waals surface area (Å²) in [5.74, 6) is 0.316. The molecule has 0 amide bonds. The number of rotatable bonds is 1. The van der Waals surface area contributed by atoms with Crippen molar-refractivity contribution in [3.8, 4) is 10.7 Å². The molecule has 0 bridgehead atoms. The highest BCUT2D eigenvalue weighted by atomic mass is 32.1. The van der Waals surface area contributed by atoms with Gasteiger partial charge in [0.25, 0.3) is 0 Å². The summed E-state index contributed by atoms with van der Waals surface area (Å²) in [7, 11) is 1.90. The summed E-state index contributed by atoms with van der Waals surface area (Å²) in [6.45, 7) is 0. The van der Waals surface area contributed by atoms with Crippen molar-refractivity contribution in [2.24, 2.45) is 7.05 Å². The highest BCUT2D eigenvalue weighted by Gasteiger charge is 2.06. The van der Waals surface area contributed by atoms with Crippen LogP contribution in [0.25, 0.3) is 10.7 Å². The first-order valence-corrected chi connectivity index (χ1v) is 4.10. The van der Waals surface area contributed by atoms with Gasteiger partial charge in [-0.05, 0) is 11.5 Å². The molecule has 62 valence electrons. The van der Waals surface area contributed by atoms with Gasteiger partial charge in [0.15, 0.2) is 5.01 Å². The van der Waals surface area contributed by atoms with Crippen LogP contribution in [0.1, 0.15) is 0 Å². The zero-order valence-electron chi connectivity index (χ0n) is 6.43.